The molecule has 33 nitrogen and oxygen atoms in total. The molecule has 6 aliphatic heterocycles. The standard InChI is InChI=1S/C43H74N2O16.C37H68N2O13/c1-17-31-43(13,52)36(49)23(4)33(44-61-29(10)48)21(2)19-41(11,51)37(60-40-35(56-27(8)46)30(45(14)15)18-22(3)54-40)24(5)34(25(6)39(50)58-31)59-32-20-42(12,53-16)38(26(7)55-32)57-28(9)47;1-14-25-37(10,45)30(41)20(4)27(38-46)18(2)16-35(8,44)32(52-34-28(40)24(39(11)12)15-19(3)48-34)21(5)29(22(6)33(43)50-25)51-26-17-36(9,47-13)31(42)23(7)49-26/h21-26,30-32,34-38,40,49,51-52H,17-20H2,1-16H3;18-26,28-32,34,40-42,44-46H,14-17H2,1-13H3/b44-33+;38-27+/t21-,22-,23+,24+,25-,26+,30+,31-,32?,34+,35-,36-,37-,38+,40+,41-,42-,43-;18-,19-,20+,21+,22-,23+,24+,25-,26?,28-,29+,30-,31+,32-,34+,35-,36-,37-/m11/s1. The molecule has 0 spiro atoms. The quantitative estimate of drug-likeness (QED) is 0.0292. The van der Waals surface area contributed by atoms with Crippen molar-refractivity contribution in [2.45, 2.75) is 379 Å². The second kappa shape index (κ2) is 40.6. The Morgan fingerprint density at radius 3 is 1.29 bits per heavy atom. The SMILES string of the molecule is CC[C@H]1OC(=O)[C@H](C)[C@@H](OC2C[C@@](C)(OC)[C@@H](O)[C@H](C)O2)[C@H](C)[C@@H](O[C@@H]2O[C@H](C)C[C@H](N(C)C)[C@H]2O)[C@](C)(O)C[C@@H](C)/C(=N\O)[C@H](C)[C@@H](O)[C@]1(C)O.CC[C@H]1OC(=O)[C@H](C)[C@@H](OC2C[C@@](C)(OC)[C@@H](OC(C)=O)[C@H](C)O2)[C@H](C)[C@@H](O[C@@H]2O[C@H](C)C[C@H](N(C)C)[C@H]2OC(C)=O)[C@](C)(O)C[C@@H](C)/C(=N\OC(C)=O)[C@H](C)[C@@H](O)[C@]1(C)O. The van der Waals surface area contributed by atoms with E-state index in [0.717, 1.165) is 0 Å². The number of carbonyl (C=O) groups excluding carboxylic acids is 5. The summed E-state index contributed by atoms with van der Waals surface area (Å²) < 4.78 is 87.0. The molecule has 0 aromatic heterocycles. The number of likely N-dealkylation sites (N-methyl/N-ethyl adjacent to an activating group) is 2. The fourth-order valence-electron chi connectivity index (χ4n) is 18.0. The fourth-order valence-corrected chi connectivity index (χ4v) is 18.0. The molecule has 6 saturated heterocycles. The number of ether oxygens (including phenoxy) is 14. The van der Waals surface area contributed by atoms with Crippen LogP contribution in [-0.4, -0.2) is 308 Å². The molecule has 6 rings (SSSR count). The summed E-state index contributed by atoms with van der Waals surface area (Å²) in [6, 6.07) is -0.675. The second-order valence-corrected chi connectivity index (χ2v) is 34.9. The topological polar surface area (TPSA) is 437 Å². The number of rotatable bonds is 17. The van der Waals surface area contributed by atoms with Crippen LogP contribution >= 0.6 is 0 Å². The number of cyclic esters (lactones) is 2. The smallest absolute Gasteiger partial charge is 0.331 e. The summed E-state index contributed by atoms with van der Waals surface area (Å²) in [6.45, 7) is 36.9. The maximum absolute atomic E-state index is 14.4. The van der Waals surface area contributed by atoms with Crippen molar-refractivity contribution in [1.82, 2.24) is 9.80 Å². The first-order valence-corrected chi connectivity index (χ1v) is 40.1. The van der Waals surface area contributed by atoms with E-state index in [0.29, 0.717) is 12.8 Å². The number of oxime groups is 2. The highest BCUT2D eigenvalue weighted by Crippen LogP contribution is 2.45. The van der Waals surface area contributed by atoms with Crippen molar-refractivity contribution >= 4 is 41.3 Å². The molecule has 6 fully saturated rings. The lowest BCUT2D eigenvalue weighted by Crippen LogP contribution is -2.62. The van der Waals surface area contributed by atoms with E-state index in [4.69, 9.17) is 71.2 Å². The Morgan fingerprint density at radius 1 is 0.487 bits per heavy atom. The summed E-state index contributed by atoms with van der Waals surface area (Å²) in [7, 11) is 10.4. The summed E-state index contributed by atoms with van der Waals surface area (Å²) in [4.78, 5) is 74.2. The van der Waals surface area contributed by atoms with Crippen LogP contribution in [0.1, 0.15) is 211 Å². The number of nitrogens with zero attached hydrogens (tertiary/aromatic N) is 4. The van der Waals surface area contributed by atoms with Crippen molar-refractivity contribution in [1.29, 1.82) is 0 Å². The van der Waals surface area contributed by atoms with Gasteiger partial charge in [0.05, 0.1) is 107 Å². The molecule has 0 aromatic carbocycles. The Bertz CT molecular complexity index is 3140. The average Bonchev–Trinajstić information content (AvgIpc) is 0.774. The molecule has 0 bridgehead atoms. The van der Waals surface area contributed by atoms with Gasteiger partial charge in [0.15, 0.2) is 37.4 Å². The van der Waals surface area contributed by atoms with Gasteiger partial charge in [-0.1, -0.05) is 65.7 Å². The lowest BCUT2D eigenvalue weighted by molar-refractivity contribution is -0.319. The van der Waals surface area contributed by atoms with E-state index in [9.17, 15) is 70.0 Å². The van der Waals surface area contributed by atoms with Crippen molar-refractivity contribution in [3.8, 4) is 0 Å². The maximum Gasteiger partial charge on any atom is 0.331 e. The zero-order valence-corrected chi connectivity index (χ0v) is 72.5. The van der Waals surface area contributed by atoms with E-state index in [1.54, 1.807) is 104 Å². The van der Waals surface area contributed by atoms with Crippen molar-refractivity contribution in [2.24, 2.45) is 57.7 Å². The van der Waals surface area contributed by atoms with Crippen LogP contribution in [-0.2, 0) is 95.1 Å². The normalized spacial score (nSPS) is 46.6. The highest BCUT2D eigenvalue weighted by atomic mass is 16.7. The van der Waals surface area contributed by atoms with Crippen LogP contribution in [0.5, 0.6) is 0 Å². The van der Waals surface area contributed by atoms with Crippen molar-refractivity contribution in [2.75, 3.05) is 42.4 Å². The fraction of sp³-hybridized carbons (Fsp3) is 0.912. The van der Waals surface area contributed by atoms with E-state index in [1.807, 2.05) is 51.8 Å². The molecule has 6 heterocycles. The molecule has 0 aromatic rings. The highest BCUT2D eigenvalue weighted by Gasteiger charge is 2.58. The van der Waals surface area contributed by atoms with Gasteiger partial charge in [-0.3, -0.25) is 19.2 Å². The second-order valence-electron chi connectivity index (χ2n) is 34.9. The highest BCUT2D eigenvalue weighted by molar-refractivity contribution is 5.90. The van der Waals surface area contributed by atoms with Gasteiger partial charge in [-0.05, 0) is 150 Å². The molecular formula is C80H142N4O29. The third-order valence-corrected chi connectivity index (χ3v) is 24.6. The Morgan fingerprint density at radius 2 is 0.885 bits per heavy atom. The van der Waals surface area contributed by atoms with E-state index in [2.05, 4.69) is 10.3 Å². The third kappa shape index (κ3) is 23.8. The van der Waals surface area contributed by atoms with Gasteiger partial charge in [0, 0.05) is 89.4 Å². The molecule has 0 aliphatic carbocycles. The molecule has 113 heavy (non-hydrogen) atoms. The van der Waals surface area contributed by atoms with Crippen LogP contribution in [0.2, 0.25) is 0 Å². The Kier molecular flexibility index (Phi) is 35.7. The van der Waals surface area contributed by atoms with E-state index in [-0.39, 0.29) is 74.2 Å². The Hall–Kier alpha value is -4.31. The van der Waals surface area contributed by atoms with Crippen molar-refractivity contribution in [3.05, 3.63) is 0 Å². The molecule has 2 unspecified atom stereocenters. The zero-order chi connectivity index (χ0) is 86.2. The van der Waals surface area contributed by atoms with E-state index in [1.165, 1.54) is 55.8 Å². The minimum absolute atomic E-state index is 0.0460. The molecule has 0 saturated carbocycles. The maximum atomic E-state index is 14.4. The van der Waals surface area contributed by atoms with Gasteiger partial charge >= 0.3 is 29.8 Å². The van der Waals surface area contributed by atoms with Crippen molar-refractivity contribution in [3.63, 3.8) is 0 Å². The molecule has 656 valence electrons. The van der Waals surface area contributed by atoms with Gasteiger partial charge in [0.2, 0.25) is 0 Å². The van der Waals surface area contributed by atoms with Crippen LogP contribution < -0.4 is 0 Å². The molecular weight excluding hydrogens is 1480 g/mol. The monoisotopic (exact) mass is 1620 g/mol. The minimum Gasteiger partial charge on any atom is -0.459 e. The molecule has 36 atom stereocenters. The summed E-state index contributed by atoms with van der Waals surface area (Å²) >= 11 is 0. The summed E-state index contributed by atoms with van der Waals surface area (Å²) in [5, 5.41) is 113. The number of aliphatic hydroxyl groups excluding tert-OH is 4. The average molecular weight is 1620 g/mol. The first kappa shape index (κ1) is 99.3. The van der Waals surface area contributed by atoms with Crippen LogP contribution in [0, 0.1) is 47.3 Å². The Labute approximate surface area is 668 Å². The number of esters is 4. The lowest BCUT2D eigenvalue weighted by atomic mass is 9.73. The molecule has 0 radical (unpaired) electrons. The van der Waals surface area contributed by atoms with Crippen LogP contribution in [0.25, 0.3) is 0 Å². The van der Waals surface area contributed by atoms with Gasteiger partial charge in [-0.15, -0.1) is 0 Å². The first-order chi connectivity index (χ1) is 52.1. The number of hydrogen-bond acceptors (Lipinski definition) is 33. The summed E-state index contributed by atoms with van der Waals surface area (Å²) in [5.74, 6) is -10.7. The largest absolute Gasteiger partial charge is 0.459 e. The summed E-state index contributed by atoms with van der Waals surface area (Å²) in [6.07, 6.45) is -19.5. The van der Waals surface area contributed by atoms with Crippen LogP contribution in [0.15, 0.2) is 10.3 Å². The predicted molar refractivity (Wildman–Crippen MR) is 410 cm³/mol. The lowest BCUT2D eigenvalue weighted by Gasteiger charge is -2.49. The van der Waals surface area contributed by atoms with Crippen LogP contribution in [0.4, 0.5) is 0 Å². The number of hydrogen-bond donors (Lipinski definition) is 9. The predicted octanol–water partition coefficient (Wildman–Crippen LogP) is 5.32. The van der Waals surface area contributed by atoms with Gasteiger partial charge in [0.1, 0.15) is 41.2 Å². The zero-order valence-electron chi connectivity index (χ0n) is 72.5. The van der Waals surface area contributed by atoms with E-state index >= 15 is 0 Å². The molecule has 6 aliphatic rings. The number of aliphatic hydroxyl groups is 8. The third-order valence-electron chi connectivity index (χ3n) is 24.6. The van der Waals surface area contributed by atoms with E-state index < -0.39 is 221 Å². The van der Waals surface area contributed by atoms with Gasteiger partial charge in [-0.25, -0.2) is 4.79 Å². The van der Waals surface area contributed by atoms with Crippen molar-refractivity contribution < 1.29 is 141 Å². The minimum atomic E-state index is -2.04. The molecule has 9 N–H and O–H groups in total. The van der Waals surface area contributed by atoms with Gasteiger partial charge in [-0.2, -0.15) is 0 Å². The van der Waals surface area contributed by atoms with Gasteiger partial charge < -0.3 is 127 Å². The Balaban J connectivity index is 0.000000409. The van der Waals surface area contributed by atoms with Gasteiger partial charge in [0.25, 0.3) is 0 Å². The first-order valence-electron chi connectivity index (χ1n) is 40.1. The summed E-state index contributed by atoms with van der Waals surface area (Å²) in [5.41, 5.74) is -9.55. The number of methoxy groups -OCH3 is 2. The van der Waals surface area contributed by atoms with Crippen LogP contribution in [0.3, 0.4) is 0 Å². The molecule has 33 heteroatoms. The molecule has 0 amide bonds. The number of carbonyl (C=O) groups is 5.